The zero-order valence-corrected chi connectivity index (χ0v) is 11.6. The summed E-state index contributed by atoms with van der Waals surface area (Å²) >= 11 is 1.78. The van der Waals surface area contributed by atoms with E-state index in [1.54, 1.807) is 11.3 Å². The lowest BCUT2D eigenvalue weighted by atomic mass is 10.1. The maximum Gasteiger partial charge on any atom is 0.104 e. The van der Waals surface area contributed by atoms with Crippen LogP contribution >= 0.6 is 11.3 Å². The number of hydrogen-bond acceptors (Lipinski definition) is 3. The summed E-state index contributed by atoms with van der Waals surface area (Å²) in [5.41, 5.74) is 1.09. The normalized spacial score (nSPS) is 17.6. The second-order valence-corrected chi connectivity index (χ2v) is 5.76. The van der Waals surface area contributed by atoms with Gasteiger partial charge in [-0.25, -0.2) is 0 Å². The summed E-state index contributed by atoms with van der Waals surface area (Å²) in [6.45, 7) is 3.39. The minimum absolute atomic E-state index is 0.0565. The highest BCUT2D eigenvalue weighted by Gasteiger charge is 2.11. The Hall–Kier alpha value is -0.820. The first kappa shape index (κ1) is 13.6. The molecule has 1 aromatic heterocycles. The van der Waals surface area contributed by atoms with E-state index in [2.05, 4.69) is 28.2 Å². The summed E-state index contributed by atoms with van der Waals surface area (Å²) in [6.07, 6.45) is 6.79. The van der Waals surface area contributed by atoms with Crippen molar-refractivity contribution in [3.05, 3.63) is 21.9 Å². The summed E-state index contributed by atoms with van der Waals surface area (Å²) < 4.78 is 0. The molecule has 18 heavy (non-hydrogen) atoms. The van der Waals surface area contributed by atoms with Crippen LogP contribution in [0.15, 0.2) is 11.4 Å². The lowest BCUT2D eigenvalue weighted by Gasteiger charge is -2.24. The predicted octanol–water partition coefficient (Wildman–Crippen LogP) is 2.86. The van der Waals surface area contributed by atoms with E-state index in [9.17, 15) is 0 Å². The van der Waals surface area contributed by atoms with Crippen LogP contribution < -0.4 is 0 Å². The van der Waals surface area contributed by atoms with E-state index < -0.39 is 0 Å². The van der Waals surface area contributed by atoms with E-state index in [4.69, 9.17) is 5.11 Å². The van der Waals surface area contributed by atoms with E-state index >= 15 is 0 Å². The molecule has 1 fully saturated rings. The third-order valence-corrected chi connectivity index (χ3v) is 4.27. The highest BCUT2D eigenvalue weighted by molar-refractivity contribution is 7.10. The van der Waals surface area contributed by atoms with Crippen molar-refractivity contribution in [2.75, 3.05) is 19.7 Å². The van der Waals surface area contributed by atoms with Crippen molar-refractivity contribution in [2.45, 2.75) is 38.6 Å². The van der Waals surface area contributed by atoms with Crippen molar-refractivity contribution in [1.29, 1.82) is 0 Å². The summed E-state index contributed by atoms with van der Waals surface area (Å²) in [7, 11) is 0. The Morgan fingerprint density at radius 1 is 1.17 bits per heavy atom. The van der Waals surface area contributed by atoms with Gasteiger partial charge in [0.2, 0.25) is 0 Å². The van der Waals surface area contributed by atoms with Gasteiger partial charge in [-0.05, 0) is 37.4 Å². The molecule has 2 nitrogen and oxygen atoms in total. The third-order valence-electron chi connectivity index (χ3n) is 3.36. The minimum atomic E-state index is -0.0565. The first-order valence-corrected chi connectivity index (χ1v) is 7.66. The van der Waals surface area contributed by atoms with E-state index in [1.807, 2.05) is 0 Å². The van der Waals surface area contributed by atoms with Crippen molar-refractivity contribution in [3.8, 4) is 11.8 Å². The highest BCUT2D eigenvalue weighted by Crippen LogP contribution is 2.20. The van der Waals surface area contributed by atoms with Gasteiger partial charge >= 0.3 is 0 Å². The van der Waals surface area contributed by atoms with Gasteiger partial charge in [-0.1, -0.05) is 31.1 Å². The number of aliphatic hydroxyl groups excluding tert-OH is 1. The van der Waals surface area contributed by atoms with E-state index in [1.165, 1.54) is 50.1 Å². The largest absolute Gasteiger partial charge is 0.384 e. The van der Waals surface area contributed by atoms with Crippen LogP contribution in [0.1, 0.15) is 42.5 Å². The Bertz CT molecular complexity index is 408. The number of thiophene rings is 1. The zero-order valence-electron chi connectivity index (χ0n) is 10.8. The van der Waals surface area contributed by atoms with Crippen LogP contribution in [0.4, 0.5) is 0 Å². The molecule has 0 saturated carbocycles. The fourth-order valence-corrected chi connectivity index (χ4v) is 3.25. The summed E-state index contributed by atoms with van der Waals surface area (Å²) in [5.74, 6) is 5.79. The Morgan fingerprint density at radius 3 is 2.61 bits per heavy atom. The van der Waals surface area contributed by atoms with E-state index in [0.717, 1.165) is 12.1 Å². The first-order chi connectivity index (χ1) is 8.90. The van der Waals surface area contributed by atoms with Crippen molar-refractivity contribution in [1.82, 2.24) is 4.90 Å². The molecule has 1 aliphatic heterocycles. The second-order valence-electron chi connectivity index (χ2n) is 4.76. The molecule has 3 heteroatoms. The van der Waals surface area contributed by atoms with E-state index in [-0.39, 0.29) is 6.61 Å². The van der Waals surface area contributed by atoms with Crippen molar-refractivity contribution in [3.63, 3.8) is 0 Å². The fourth-order valence-electron chi connectivity index (χ4n) is 2.38. The van der Waals surface area contributed by atoms with Crippen molar-refractivity contribution < 1.29 is 5.11 Å². The van der Waals surface area contributed by atoms with Gasteiger partial charge < -0.3 is 5.11 Å². The SMILES string of the molecule is OCC#Cc1ccsc1CN1CCCCCCC1. The van der Waals surface area contributed by atoms with Gasteiger partial charge in [-0.3, -0.25) is 4.90 Å². The molecule has 0 amide bonds. The van der Waals surface area contributed by atoms with Crippen molar-refractivity contribution in [2.24, 2.45) is 0 Å². The maximum atomic E-state index is 8.77. The molecule has 0 unspecified atom stereocenters. The number of likely N-dealkylation sites (tertiary alicyclic amines) is 1. The quantitative estimate of drug-likeness (QED) is 0.829. The average molecular weight is 263 g/mol. The maximum absolute atomic E-state index is 8.77. The van der Waals surface area contributed by atoms with Crippen LogP contribution in [0.25, 0.3) is 0 Å². The summed E-state index contributed by atoms with van der Waals surface area (Å²) in [6, 6.07) is 2.06. The molecule has 0 atom stereocenters. The van der Waals surface area contributed by atoms with Gasteiger partial charge in [0.1, 0.15) is 6.61 Å². The van der Waals surface area contributed by atoms with Gasteiger partial charge in [-0.15, -0.1) is 11.3 Å². The molecule has 1 N–H and O–H groups in total. The van der Waals surface area contributed by atoms with Gasteiger partial charge in [0.15, 0.2) is 0 Å². The Morgan fingerprint density at radius 2 is 1.89 bits per heavy atom. The molecule has 0 bridgehead atoms. The molecule has 1 aliphatic rings. The van der Waals surface area contributed by atoms with E-state index in [0.29, 0.717) is 0 Å². The first-order valence-electron chi connectivity index (χ1n) is 6.78. The number of nitrogens with zero attached hydrogens (tertiary/aromatic N) is 1. The number of hydrogen-bond donors (Lipinski definition) is 1. The molecule has 2 rings (SSSR count). The fraction of sp³-hybridized carbons (Fsp3) is 0.600. The highest BCUT2D eigenvalue weighted by atomic mass is 32.1. The van der Waals surface area contributed by atoms with Gasteiger partial charge in [-0.2, -0.15) is 0 Å². The molecule has 1 aromatic rings. The molecule has 2 heterocycles. The van der Waals surface area contributed by atoms with Crippen LogP contribution in [-0.4, -0.2) is 29.7 Å². The summed E-state index contributed by atoms with van der Waals surface area (Å²) in [5, 5.41) is 10.9. The molecule has 0 aliphatic carbocycles. The van der Waals surface area contributed by atoms with Crippen molar-refractivity contribution >= 4 is 11.3 Å². The lowest BCUT2D eigenvalue weighted by molar-refractivity contribution is 0.241. The Labute approximate surface area is 114 Å². The monoisotopic (exact) mass is 263 g/mol. The van der Waals surface area contributed by atoms with Crippen LogP contribution in [0.5, 0.6) is 0 Å². The predicted molar refractivity (Wildman–Crippen MR) is 76.6 cm³/mol. The van der Waals surface area contributed by atoms with Crippen LogP contribution in [0, 0.1) is 11.8 Å². The molecule has 0 spiro atoms. The van der Waals surface area contributed by atoms with Gasteiger partial charge in [0, 0.05) is 17.0 Å². The number of rotatable bonds is 2. The topological polar surface area (TPSA) is 23.5 Å². The standard InChI is InChI=1S/C15H21NOS/c17-11-6-7-14-8-12-18-15(14)13-16-9-4-2-1-3-5-10-16/h8,12,17H,1-5,9-11,13H2. The zero-order chi connectivity index (χ0) is 12.6. The van der Waals surface area contributed by atoms with Crippen LogP contribution in [0.2, 0.25) is 0 Å². The molecule has 0 aromatic carbocycles. The lowest BCUT2D eigenvalue weighted by Crippen LogP contribution is -2.26. The summed E-state index contributed by atoms with van der Waals surface area (Å²) in [4.78, 5) is 3.89. The third kappa shape index (κ3) is 4.13. The molecule has 98 valence electrons. The molecule has 1 saturated heterocycles. The minimum Gasteiger partial charge on any atom is -0.384 e. The van der Waals surface area contributed by atoms with Crippen LogP contribution in [0.3, 0.4) is 0 Å². The number of aliphatic hydroxyl groups is 1. The van der Waals surface area contributed by atoms with Gasteiger partial charge in [0.05, 0.1) is 0 Å². The average Bonchev–Trinajstić information content (AvgIpc) is 2.77. The Balaban J connectivity index is 1.96. The second kappa shape index (κ2) is 7.58. The molecule has 0 radical (unpaired) electrons. The smallest absolute Gasteiger partial charge is 0.104 e. The Kier molecular flexibility index (Phi) is 5.73. The van der Waals surface area contributed by atoms with Gasteiger partial charge in [0.25, 0.3) is 0 Å². The van der Waals surface area contributed by atoms with Crippen LogP contribution in [-0.2, 0) is 6.54 Å². The molecular weight excluding hydrogens is 242 g/mol. The molecular formula is C15H21NOS.